The Morgan fingerprint density at radius 3 is 2.78 bits per heavy atom. The van der Waals surface area contributed by atoms with Crippen molar-refractivity contribution in [1.82, 2.24) is 9.55 Å². The van der Waals surface area contributed by atoms with Gasteiger partial charge in [0.25, 0.3) is 0 Å². The molecule has 0 unspecified atom stereocenters. The molecule has 0 spiro atoms. The van der Waals surface area contributed by atoms with Crippen molar-refractivity contribution in [1.29, 1.82) is 0 Å². The van der Waals surface area contributed by atoms with E-state index < -0.39 is 0 Å². The van der Waals surface area contributed by atoms with Crippen LogP contribution in [0.2, 0.25) is 0 Å². The first-order valence-electron chi connectivity index (χ1n) is 5.77. The molecule has 0 bridgehead atoms. The molecule has 0 aliphatic rings. The molecular formula is C15H12N2O. The molecule has 3 nitrogen and oxygen atoms in total. The molecule has 0 radical (unpaired) electrons. The number of fused-ring (bicyclic) bond motifs is 1. The molecule has 0 N–H and O–H groups in total. The first kappa shape index (κ1) is 10.7. The van der Waals surface area contributed by atoms with Gasteiger partial charge in [-0.1, -0.05) is 0 Å². The summed E-state index contributed by atoms with van der Waals surface area (Å²) in [5, 5.41) is 1.06. The van der Waals surface area contributed by atoms with Gasteiger partial charge in [0.05, 0.1) is 17.4 Å². The standard InChI is InChI=1S/C15H12N2O/c1-11-2-4-14(9-16-11)17-7-6-13-8-12(10-18)3-5-15(13)17/h2-10H,1H3. The van der Waals surface area contributed by atoms with E-state index in [1.807, 2.05) is 55.7 Å². The molecule has 3 rings (SSSR count). The number of aromatic nitrogens is 2. The number of aldehydes is 1. The molecule has 0 aliphatic heterocycles. The first-order valence-corrected chi connectivity index (χ1v) is 5.77. The molecule has 3 aromatic rings. The molecule has 0 saturated heterocycles. The van der Waals surface area contributed by atoms with Gasteiger partial charge >= 0.3 is 0 Å². The Bertz CT molecular complexity index is 711. The van der Waals surface area contributed by atoms with Crippen LogP contribution in [0.4, 0.5) is 0 Å². The molecule has 2 heterocycles. The van der Waals surface area contributed by atoms with E-state index in [1.54, 1.807) is 0 Å². The van der Waals surface area contributed by atoms with E-state index in [4.69, 9.17) is 0 Å². The lowest BCUT2D eigenvalue weighted by Gasteiger charge is -2.05. The Kier molecular flexibility index (Phi) is 2.45. The number of rotatable bonds is 2. The predicted octanol–water partition coefficient (Wildman–Crippen LogP) is 3.15. The summed E-state index contributed by atoms with van der Waals surface area (Å²) in [5.41, 5.74) is 3.79. The molecule has 0 fully saturated rings. The summed E-state index contributed by atoms with van der Waals surface area (Å²) < 4.78 is 2.07. The highest BCUT2D eigenvalue weighted by Crippen LogP contribution is 2.21. The number of benzene rings is 1. The minimum Gasteiger partial charge on any atom is -0.315 e. The second-order valence-corrected chi connectivity index (χ2v) is 4.28. The number of hydrogen-bond acceptors (Lipinski definition) is 2. The fourth-order valence-corrected chi connectivity index (χ4v) is 2.06. The van der Waals surface area contributed by atoms with E-state index >= 15 is 0 Å². The van der Waals surface area contributed by atoms with Gasteiger partial charge in [0.2, 0.25) is 0 Å². The lowest BCUT2D eigenvalue weighted by atomic mass is 10.2. The topological polar surface area (TPSA) is 34.9 Å². The first-order chi connectivity index (χ1) is 8.78. The van der Waals surface area contributed by atoms with Crippen LogP contribution in [0.3, 0.4) is 0 Å². The van der Waals surface area contributed by atoms with Crippen molar-refractivity contribution in [2.45, 2.75) is 6.92 Å². The average molecular weight is 236 g/mol. The Hall–Kier alpha value is -2.42. The molecule has 88 valence electrons. The monoisotopic (exact) mass is 236 g/mol. The molecule has 0 aliphatic carbocycles. The van der Waals surface area contributed by atoms with E-state index in [2.05, 4.69) is 9.55 Å². The number of aryl methyl sites for hydroxylation is 1. The third kappa shape index (κ3) is 1.70. The Morgan fingerprint density at radius 2 is 2.06 bits per heavy atom. The molecule has 0 amide bonds. The highest BCUT2D eigenvalue weighted by molar-refractivity contribution is 5.88. The Labute approximate surface area is 105 Å². The maximum Gasteiger partial charge on any atom is 0.150 e. The van der Waals surface area contributed by atoms with Crippen LogP contribution in [0.15, 0.2) is 48.8 Å². The largest absolute Gasteiger partial charge is 0.315 e. The summed E-state index contributed by atoms with van der Waals surface area (Å²) in [7, 11) is 0. The van der Waals surface area contributed by atoms with Gasteiger partial charge in [-0.15, -0.1) is 0 Å². The van der Waals surface area contributed by atoms with Gasteiger partial charge in [-0.05, 0) is 43.3 Å². The lowest BCUT2D eigenvalue weighted by Crippen LogP contribution is -1.93. The minimum atomic E-state index is 0.697. The van der Waals surface area contributed by atoms with E-state index in [1.165, 1.54) is 0 Å². The SMILES string of the molecule is Cc1ccc(-n2ccc3cc(C=O)ccc32)cn1. The Balaban J connectivity index is 2.18. The van der Waals surface area contributed by atoms with Crippen LogP contribution in [-0.2, 0) is 0 Å². The van der Waals surface area contributed by atoms with Crippen molar-refractivity contribution in [3.05, 3.63) is 60.0 Å². The predicted molar refractivity (Wildman–Crippen MR) is 71.2 cm³/mol. The molecule has 3 heteroatoms. The second kappa shape index (κ2) is 4.11. The average Bonchev–Trinajstić information content (AvgIpc) is 2.82. The van der Waals surface area contributed by atoms with Crippen LogP contribution in [0.1, 0.15) is 16.1 Å². The zero-order chi connectivity index (χ0) is 12.5. The summed E-state index contributed by atoms with van der Waals surface area (Å²) in [6.45, 7) is 1.97. The Morgan fingerprint density at radius 1 is 1.17 bits per heavy atom. The maximum atomic E-state index is 10.7. The zero-order valence-corrected chi connectivity index (χ0v) is 10.00. The molecule has 0 atom stereocenters. The number of pyridine rings is 1. The van der Waals surface area contributed by atoms with Gasteiger partial charge in [-0.3, -0.25) is 9.78 Å². The maximum absolute atomic E-state index is 10.7. The van der Waals surface area contributed by atoms with Crippen molar-refractivity contribution in [3.63, 3.8) is 0 Å². The zero-order valence-electron chi connectivity index (χ0n) is 10.00. The van der Waals surface area contributed by atoms with Crippen LogP contribution in [0.25, 0.3) is 16.6 Å². The molecule has 18 heavy (non-hydrogen) atoms. The van der Waals surface area contributed by atoms with Gasteiger partial charge in [0, 0.05) is 22.8 Å². The summed E-state index contributed by atoms with van der Waals surface area (Å²) in [4.78, 5) is 15.0. The lowest BCUT2D eigenvalue weighted by molar-refractivity contribution is 0.112. The fourth-order valence-electron chi connectivity index (χ4n) is 2.06. The van der Waals surface area contributed by atoms with Crippen molar-refractivity contribution in [3.8, 4) is 5.69 Å². The van der Waals surface area contributed by atoms with E-state index in [0.717, 1.165) is 28.6 Å². The summed E-state index contributed by atoms with van der Waals surface area (Å²) in [6.07, 6.45) is 4.71. The van der Waals surface area contributed by atoms with Crippen LogP contribution >= 0.6 is 0 Å². The number of carbonyl (C=O) groups is 1. The summed E-state index contributed by atoms with van der Waals surface area (Å²) in [5.74, 6) is 0. The number of hydrogen-bond donors (Lipinski definition) is 0. The van der Waals surface area contributed by atoms with Crippen LogP contribution in [0.5, 0.6) is 0 Å². The van der Waals surface area contributed by atoms with Crippen LogP contribution in [0, 0.1) is 6.92 Å². The second-order valence-electron chi connectivity index (χ2n) is 4.28. The van der Waals surface area contributed by atoms with Crippen molar-refractivity contribution < 1.29 is 4.79 Å². The van der Waals surface area contributed by atoms with Crippen molar-refractivity contribution in [2.75, 3.05) is 0 Å². The molecule has 0 saturated carbocycles. The van der Waals surface area contributed by atoms with Gasteiger partial charge in [-0.25, -0.2) is 0 Å². The quantitative estimate of drug-likeness (QED) is 0.641. The fraction of sp³-hybridized carbons (Fsp3) is 0.0667. The molecule has 1 aromatic carbocycles. The third-order valence-corrected chi connectivity index (χ3v) is 3.02. The number of carbonyl (C=O) groups excluding carboxylic acids is 1. The smallest absolute Gasteiger partial charge is 0.150 e. The van der Waals surface area contributed by atoms with Crippen LogP contribution in [-0.4, -0.2) is 15.8 Å². The highest BCUT2D eigenvalue weighted by Gasteiger charge is 2.04. The molecular weight excluding hydrogens is 224 g/mol. The third-order valence-electron chi connectivity index (χ3n) is 3.02. The summed E-state index contributed by atoms with van der Waals surface area (Å²) >= 11 is 0. The highest BCUT2D eigenvalue weighted by atomic mass is 16.1. The number of nitrogens with zero attached hydrogens (tertiary/aromatic N) is 2. The van der Waals surface area contributed by atoms with E-state index in [-0.39, 0.29) is 0 Å². The van der Waals surface area contributed by atoms with Gasteiger partial charge < -0.3 is 4.57 Å². The van der Waals surface area contributed by atoms with Gasteiger partial charge in [0.15, 0.2) is 0 Å². The van der Waals surface area contributed by atoms with Crippen LogP contribution < -0.4 is 0 Å². The summed E-state index contributed by atoms with van der Waals surface area (Å²) in [6, 6.07) is 11.7. The van der Waals surface area contributed by atoms with E-state index in [0.29, 0.717) is 5.56 Å². The molecule has 2 aromatic heterocycles. The van der Waals surface area contributed by atoms with Gasteiger partial charge in [-0.2, -0.15) is 0 Å². The van der Waals surface area contributed by atoms with Crippen molar-refractivity contribution in [2.24, 2.45) is 0 Å². The normalized spacial score (nSPS) is 10.7. The minimum absolute atomic E-state index is 0.697. The van der Waals surface area contributed by atoms with Crippen molar-refractivity contribution >= 4 is 17.2 Å². The van der Waals surface area contributed by atoms with E-state index in [9.17, 15) is 4.79 Å². The van der Waals surface area contributed by atoms with Gasteiger partial charge in [0.1, 0.15) is 6.29 Å².